The SMILES string of the molecule is CN1CCC[C@H](C(=O)O)C1.Cl. The zero-order valence-electron chi connectivity index (χ0n) is 6.62. The molecule has 1 atom stereocenters. The lowest BCUT2D eigenvalue weighted by Gasteiger charge is -2.26. The molecule has 0 radical (unpaired) electrons. The molecule has 3 nitrogen and oxygen atoms in total. The van der Waals surface area contributed by atoms with Crippen LogP contribution in [0.15, 0.2) is 0 Å². The predicted octanol–water partition coefficient (Wildman–Crippen LogP) is 0.835. The van der Waals surface area contributed by atoms with Crippen molar-refractivity contribution in [2.24, 2.45) is 5.92 Å². The monoisotopic (exact) mass is 179 g/mol. The molecular formula is C7H14ClNO2. The molecular weight excluding hydrogens is 166 g/mol. The topological polar surface area (TPSA) is 40.5 Å². The maximum atomic E-state index is 10.5. The number of carboxylic acid groups (broad SMARTS) is 1. The number of nitrogens with zero attached hydrogens (tertiary/aromatic N) is 1. The second kappa shape index (κ2) is 4.57. The van der Waals surface area contributed by atoms with E-state index in [1.165, 1.54) is 0 Å². The summed E-state index contributed by atoms with van der Waals surface area (Å²) in [5, 5.41) is 8.63. The van der Waals surface area contributed by atoms with Crippen LogP contribution in [0.5, 0.6) is 0 Å². The second-order valence-electron chi connectivity index (χ2n) is 2.94. The quantitative estimate of drug-likeness (QED) is 0.649. The van der Waals surface area contributed by atoms with Crippen LogP contribution >= 0.6 is 12.4 Å². The molecule has 0 unspecified atom stereocenters. The maximum Gasteiger partial charge on any atom is 0.307 e. The molecule has 0 aromatic rings. The fourth-order valence-electron chi connectivity index (χ4n) is 1.37. The minimum absolute atomic E-state index is 0. The maximum absolute atomic E-state index is 10.5. The van der Waals surface area contributed by atoms with Gasteiger partial charge >= 0.3 is 5.97 Å². The Morgan fingerprint density at radius 1 is 1.64 bits per heavy atom. The molecule has 1 heterocycles. The highest BCUT2D eigenvalue weighted by molar-refractivity contribution is 5.85. The van der Waals surface area contributed by atoms with Crippen molar-refractivity contribution < 1.29 is 9.90 Å². The van der Waals surface area contributed by atoms with Crippen LogP contribution in [0, 0.1) is 5.92 Å². The van der Waals surface area contributed by atoms with E-state index in [0.29, 0.717) is 0 Å². The molecule has 0 amide bonds. The Labute approximate surface area is 72.8 Å². The van der Waals surface area contributed by atoms with Crippen LogP contribution in [-0.2, 0) is 4.79 Å². The summed E-state index contributed by atoms with van der Waals surface area (Å²) in [5.74, 6) is -0.773. The molecule has 4 heteroatoms. The van der Waals surface area contributed by atoms with Gasteiger partial charge in [-0.25, -0.2) is 0 Å². The Kier molecular flexibility index (Phi) is 4.45. The number of likely N-dealkylation sites (tertiary alicyclic amines) is 1. The fourth-order valence-corrected chi connectivity index (χ4v) is 1.37. The summed E-state index contributed by atoms with van der Waals surface area (Å²) in [4.78, 5) is 12.5. The second-order valence-corrected chi connectivity index (χ2v) is 2.94. The van der Waals surface area contributed by atoms with Crippen molar-refractivity contribution in [3.8, 4) is 0 Å². The van der Waals surface area contributed by atoms with E-state index in [9.17, 15) is 4.79 Å². The van der Waals surface area contributed by atoms with Gasteiger partial charge in [0, 0.05) is 6.54 Å². The molecule has 1 N–H and O–H groups in total. The van der Waals surface area contributed by atoms with E-state index < -0.39 is 5.97 Å². The normalized spacial score (nSPS) is 25.7. The average Bonchev–Trinajstić information content (AvgIpc) is 1.88. The Hall–Kier alpha value is -0.280. The number of halogens is 1. The van der Waals surface area contributed by atoms with Crippen molar-refractivity contribution in [3.63, 3.8) is 0 Å². The number of aliphatic carboxylic acids is 1. The first-order valence-electron chi connectivity index (χ1n) is 3.61. The van der Waals surface area contributed by atoms with Crippen molar-refractivity contribution in [1.29, 1.82) is 0 Å². The standard InChI is InChI=1S/C7H13NO2.ClH/c1-8-4-2-3-6(5-8)7(9)10;/h6H,2-5H2,1H3,(H,9,10);1H/t6-;/m0./s1. The summed E-state index contributed by atoms with van der Waals surface area (Å²) in [7, 11) is 1.97. The number of carbonyl (C=O) groups is 1. The van der Waals surface area contributed by atoms with Crippen LogP contribution in [0.3, 0.4) is 0 Å². The zero-order valence-corrected chi connectivity index (χ0v) is 7.43. The first-order valence-corrected chi connectivity index (χ1v) is 3.61. The smallest absolute Gasteiger partial charge is 0.307 e. The van der Waals surface area contributed by atoms with Gasteiger partial charge in [0.15, 0.2) is 0 Å². The lowest BCUT2D eigenvalue weighted by Crippen LogP contribution is -2.35. The van der Waals surface area contributed by atoms with Gasteiger partial charge < -0.3 is 10.0 Å². The van der Waals surface area contributed by atoms with Crippen molar-refractivity contribution in [2.75, 3.05) is 20.1 Å². The molecule has 11 heavy (non-hydrogen) atoms. The minimum Gasteiger partial charge on any atom is -0.481 e. The summed E-state index contributed by atoms with van der Waals surface area (Å²) in [5.41, 5.74) is 0. The summed E-state index contributed by atoms with van der Waals surface area (Å²) in [6.45, 7) is 1.76. The van der Waals surface area contributed by atoms with Crippen LogP contribution in [0.25, 0.3) is 0 Å². The van der Waals surface area contributed by atoms with Gasteiger partial charge in [0.25, 0.3) is 0 Å². The summed E-state index contributed by atoms with van der Waals surface area (Å²) in [6, 6.07) is 0. The molecule has 1 aliphatic heterocycles. The van der Waals surface area contributed by atoms with Gasteiger partial charge in [-0.05, 0) is 26.4 Å². The summed E-state index contributed by atoms with van der Waals surface area (Å²) in [6.07, 6.45) is 1.87. The number of hydrogen-bond donors (Lipinski definition) is 1. The third-order valence-electron chi connectivity index (χ3n) is 1.97. The van der Waals surface area contributed by atoms with Crippen LogP contribution in [0.4, 0.5) is 0 Å². The Bertz CT molecular complexity index is 140. The van der Waals surface area contributed by atoms with E-state index in [1.54, 1.807) is 0 Å². The molecule has 1 saturated heterocycles. The average molecular weight is 180 g/mol. The van der Waals surface area contributed by atoms with Crippen LogP contribution in [-0.4, -0.2) is 36.1 Å². The van der Waals surface area contributed by atoms with Crippen LogP contribution < -0.4 is 0 Å². The van der Waals surface area contributed by atoms with Crippen molar-refractivity contribution in [3.05, 3.63) is 0 Å². The first-order chi connectivity index (χ1) is 4.70. The van der Waals surface area contributed by atoms with Gasteiger partial charge in [-0.1, -0.05) is 0 Å². The highest BCUT2D eigenvalue weighted by Crippen LogP contribution is 2.14. The first kappa shape index (κ1) is 10.7. The fraction of sp³-hybridized carbons (Fsp3) is 0.857. The molecule has 0 spiro atoms. The molecule has 0 aliphatic carbocycles. The zero-order chi connectivity index (χ0) is 7.56. The number of carboxylic acids is 1. The Morgan fingerprint density at radius 3 is 2.64 bits per heavy atom. The molecule has 0 aromatic carbocycles. The molecule has 0 aromatic heterocycles. The largest absolute Gasteiger partial charge is 0.481 e. The third-order valence-corrected chi connectivity index (χ3v) is 1.97. The van der Waals surface area contributed by atoms with E-state index in [-0.39, 0.29) is 18.3 Å². The van der Waals surface area contributed by atoms with Gasteiger partial charge in [0.05, 0.1) is 5.92 Å². The van der Waals surface area contributed by atoms with E-state index in [2.05, 4.69) is 4.90 Å². The lowest BCUT2D eigenvalue weighted by molar-refractivity contribution is -0.143. The van der Waals surface area contributed by atoms with Gasteiger partial charge in [0.2, 0.25) is 0 Å². The molecule has 1 fully saturated rings. The molecule has 66 valence electrons. The van der Waals surface area contributed by atoms with Gasteiger partial charge in [-0.3, -0.25) is 4.79 Å². The molecule has 0 saturated carbocycles. The molecule has 1 aliphatic rings. The van der Waals surface area contributed by atoms with Crippen molar-refractivity contribution >= 4 is 18.4 Å². The van der Waals surface area contributed by atoms with E-state index in [1.807, 2.05) is 7.05 Å². The van der Waals surface area contributed by atoms with E-state index >= 15 is 0 Å². The Morgan fingerprint density at radius 2 is 2.27 bits per heavy atom. The van der Waals surface area contributed by atoms with Crippen molar-refractivity contribution in [2.45, 2.75) is 12.8 Å². The number of hydrogen-bond acceptors (Lipinski definition) is 2. The number of rotatable bonds is 1. The highest BCUT2D eigenvalue weighted by Gasteiger charge is 2.22. The number of piperidine rings is 1. The van der Waals surface area contributed by atoms with Crippen molar-refractivity contribution in [1.82, 2.24) is 4.90 Å². The van der Waals surface area contributed by atoms with E-state index in [4.69, 9.17) is 5.11 Å². The van der Waals surface area contributed by atoms with Gasteiger partial charge in [-0.2, -0.15) is 0 Å². The predicted molar refractivity (Wildman–Crippen MR) is 45.1 cm³/mol. The van der Waals surface area contributed by atoms with Gasteiger partial charge in [0.1, 0.15) is 0 Å². The summed E-state index contributed by atoms with van der Waals surface area (Å²) >= 11 is 0. The lowest BCUT2D eigenvalue weighted by atomic mass is 9.99. The van der Waals surface area contributed by atoms with Gasteiger partial charge in [-0.15, -0.1) is 12.4 Å². The highest BCUT2D eigenvalue weighted by atomic mass is 35.5. The van der Waals surface area contributed by atoms with E-state index in [0.717, 1.165) is 25.9 Å². The minimum atomic E-state index is -0.647. The Balaban J connectivity index is 0.000001000. The van der Waals surface area contributed by atoms with Crippen LogP contribution in [0.2, 0.25) is 0 Å². The molecule has 1 rings (SSSR count). The third kappa shape index (κ3) is 3.08. The van der Waals surface area contributed by atoms with Crippen LogP contribution in [0.1, 0.15) is 12.8 Å². The molecule has 0 bridgehead atoms. The summed E-state index contributed by atoms with van der Waals surface area (Å²) < 4.78 is 0.